The molecule has 7 heteroatoms. The molecular weight excluding hydrogens is 326 g/mol. The number of aliphatic hydroxyl groups is 1. The maximum atomic E-state index is 11.9. The van der Waals surface area contributed by atoms with E-state index in [-0.39, 0.29) is 24.8 Å². The number of hydrogen-bond acceptors (Lipinski definition) is 5. The summed E-state index contributed by atoms with van der Waals surface area (Å²) in [5.41, 5.74) is 0.657. The van der Waals surface area contributed by atoms with Crippen LogP contribution in [0, 0.1) is 0 Å². The molecule has 0 aliphatic carbocycles. The molecule has 1 atom stereocenters. The van der Waals surface area contributed by atoms with E-state index < -0.39 is 12.1 Å². The Hall–Kier alpha value is -1.50. The predicted octanol–water partition coefficient (Wildman–Crippen LogP) is 2.35. The quantitative estimate of drug-likeness (QED) is 0.657. The van der Waals surface area contributed by atoms with E-state index in [2.05, 4.69) is 0 Å². The molecule has 1 amide bonds. The van der Waals surface area contributed by atoms with Gasteiger partial charge < -0.3 is 14.7 Å². The number of ether oxygens (including phenoxy) is 1. The topological polar surface area (TPSA) is 66.8 Å². The Morgan fingerprint density at radius 2 is 2.18 bits per heavy atom. The molecule has 1 heterocycles. The van der Waals surface area contributed by atoms with Crippen LogP contribution in [0.5, 0.6) is 0 Å². The highest BCUT2D eigenvalue weighted by atomic mass is 35.5. The Bertz CT molecular complexity index is 588. The van der Waals surface area contributed by atoms with Gasteiger partial charge in [-0.25, -0.2) is 4.79 Å². The number of amides is 1. The van der Waals surface area contributed by atoms with Crippen molar-refractivity contribution in [2.24, 2.45) is 0 Å². The molecule has 2 rings (SSSR count). The summed E-state index contributed by atoms with van der Waals surface area (Å²) in [6.07, 6.45) is 0.429. The second kappa shape index (κ2) is 7.67. The number of aliphatic hydroxyl groups excluding tert-OH is 1. The molecule has 5 nitrogen and oxygen atoms in total. The summed E-state index contributed by atoms with van der Waals surface area (Å²) in [5, 5.41) is 11.3. The smallest absolute Gasteiger partial charge is 0.333 e. The first-order valence-electron chi connectivity index (χ1n) is 6.76. The maximum absolute atomic E-state index is 11.9. The van der Waals surface area contributed by atoms with E-state index in [1.807, 2.05) is 0 Å². The maximum Gasteiger partial charge on any atom is 0.333 e. The van der Waals surface area contributed by atoms with Crippen molar-refractivity contribution in [3.05, 3.63) is 46.0 Å². The molecule has 0 aromatic heterocycles. The van der Waals surface area contributed by atoms with E-state index in [9.17, 15) is 14.7 Å². The summed E-state index contributed by atoms with van der Waals surface area (Å²) in [7, 11) is 0. The zero-order valence-corrected chi connectivity index (χ0v) is 13.6. The van der Waals surface area contributed by atoms with Gasteiger partial charge in [-0.15, -0.1) is 0 Å². The number of carbonyl (C=O) groups is 2. The van der Waals surface area contributed by atoms with E-state index >= 15 is 0 Å². The Kier molecular flexibility index (Phi) is 5.88. The van der Waals surface area contributed by atoms with Gasteiger partial charge in [0.05, 0.1) is 36.1 Å². The van der Waals surface area contributed by atoms with Gasteiger partial charge >= 0.3 is 5.97 Å². The minimum absolute atomic E-state index is 0.0820. The van der Waals surface area contributed by atoms with Crippen molar-refractivity contribution in [1.82, 2.24) is 4.90 Å². The molecule has 1 saturated heterocycles. The third-order valence-corrected chi connectivity index (χ3v) is 4.33. The summed E-state index contributed by atoms with van der Waals surface area (Å²) in [5.74, 6) is -0.391. The van der Waals surface area contributed by atoms with Crippen molar-refractivity contribution in [2.75, 3.05) is 18.9 Å². The molecule has 1 fully saturated rings. The average Bonchev–Trinajstić information content (AvgIpc) is 2.81. The van der Waals surface area contributed by atoms with Crippen molar-refractivity contribution in [3.8, 4) is 0 Å². The number of benzene rings is 1. The lowest BCUT2D eigenvalue weighted by molar-refractivity contribution is -0.137. The number of halogens is 1. The number of nitrogens with zero attached hydrogens (tertiary/aromatic N) is 1. The lowest BCUT2D eigenvalue weighted by Crippen LogP contribution is -2.29. The van der Waals surface area contributed by atoms with Gasteiger partial charge in [-0.3, -0.25) is 4.79 Å². The molecule has 0 bridgehead atoms. The molecule has 0 saturated carbocycles. The van der Waals surface area contributed by atoms with E-state index in [1.54, 1.807) is 31.2 Å². The van der Waals surface area contributed by atoms with E-state index in [0.717, 1.165) is 0 Å². The Morgan fingerprint density at radius 1 is 1.50 bits per heavy atom. The van der Waals surface area contributed by atoms with Gasteiger partial charge in [0, 0.05) is 5.02 Å². The van der Waals surface area contributed by atoms with Crippen LogP contribution in [0.2, 0.25) is 5.02 Å². The van der Waals surface area contributed by atoms with Crippen molar-refractivity contribution >= 4 is 35.2 Å². The van der Waals surface area contributed by atoms with Gasteiger partial charge in [-0.1, -0.05) is 35.5 Å². The van der Waals surface area contributed by atoms with Crippen LogP contribution in [-0.4, -0.2) is 40.8 Å². The van der Waals surface area contributed by atoms with Crippen LogP contribution in [-0.2, 0) is 14.3 Å². The minimum atomic E-state index is -0.856. The third-order valence-electron chi connectivity index (χ3n) is 3.05. The van der Waals surface area contributed by atoms with Crippen LogP contribution < -0.4 is 0 Å². The zero-order valence-electron chi connectivity index (χ0n) is 12.0. The van der Waals surface area contributed by atoms with Gasteiger partial charge in [-0.2, -0.15) is 0 Å². The third kappa shape index (κ3) is 4.25. The summed E-state index contributed by atoms with van der Waals surface area (Å²) in [6, 6.07) is 6.76. The van der Waals surface area contributed by atoms with Crippen LogP contribution in [0.15, 0.2) is 35.4 Å². The number of hydrogen-bond donors (Lipinski definition) is 1. The monoisotopic (exact) mass is 341 g/mol. The van der Waals surface area contributed by atoms with Crippen molar-refractivity contribution < 1.29 is 19.4 Å². The van der Waals surface area contributed by atoms with Crippen LogP contribution in [0.1, 0.15) is 18.6 Å². The second-order valence-corrected chi connectivity index (χ2v) is 6.03. The molecule has 0 radical (unpaired) electrons. The van der Waals surface area contributed by atoms with E-state index in [0.29, 0.717) is 15.6 Å². The van der Waals surface area contributed by atoms with Gasteiger partial charge in [0.25, 0.3) is 0 Å². The highest BCUT2D eigenvalue weighted by molar-refractivity contribution is 8.04. The highest BCUT2D eigenvalue weighted by Crippen LogP contribution is 2.31. The second-order valence-electron chi connectivity index (χ2n) is 4.59. The summed E-state index contributed by atoms with van der Waals surface area (Å²) >= 11 is 7.07. The molecular formula is C15H16ClNO4S. The SMILES string of the molecule is CCOC(=O)/C=C1/SCC(=O)N1C[C@@H](O)c1ccc(Cl)cc1. The van der Waals surface area contributed by atoms with Gasteiger partial charge in [0.1, 0.15) is 0 Å². The summed E-state index contributed by atoms with van der Waals surface area (Å²) in [6.45, 7) is 2.07. The van der Waals surface area contributed by atoms with Gasteiger partial charge in [-0.05, 0) is 24.6 Å². The lowest BCUT2D eigenvalue weighted by Gasteiger charge is -2.21. The molecule has 1 aromatic rings. The standard InChI is InChI=1S/C15H16ClNO4S/c1-2-21-15(20)7-14-17(13(19)9-22-14)8-12(18)10-3-5-11(16)6-4-10/h3-7,12,18H,2,8-9H2,1H3/b14-7+/t12-/m1/s1. The number of esters is 1. The van der Waals surface area contributed by atoms with Crippen LogP contribution in [0.3, 0.4) is 0 Å². The number of β-amino-alcohol motifs (C(OH)–C–C–N with tert-alkyl or cyclic N) is 1. The fraction of sp³-hybridized carbons (Fsp3) is 0.333. The van der Waals surface area contributed by atoms with Crippen LogP contribution in [0.4, 0.5) is 0 Å². The average molecular weight is 342 g/mol. The van der Waals surface area contributed by atoms with E-state index in [4.69, 9.17) is 16.3 Å². The van der Waals surface area contributed by atoms with Crippen molar-refractivity contribution in [3.63, 3.8) is 0 Å². The van der Waals surface area contributed by atoms with Gasteiger partial charge in [0.2, 0.25) is 5.91 Å². The first kappa shape index (κ1) is 16.9. The first-order valence-corrected chi connectivity index (χ1v) is 8.12. The van der Waals surface area contributed by atoms with E-state index in [1.165, 1.54) is 22.7 Å². The highest BCUT2D eigenvalue weighted by Gasteiger charge is 2.29. The Balaban J connectivity index is 2.09. The number of rotatable bonds is 5. The lowest BCUT2D eigenvalue weighted by atomic mass is 10.1. The molecule has 0 unspecified atom stereocenters. The molecule has 1 aromatic carbocycles. The van der Waals surface area contributed by atoms with Gasteiger partial charge in [0.15, 0.2) is 0 Å². The minimum Gasteiger partial charge on any atom is -0.463 e. The Labute approximate surface area is 137 Å². The largest absolute Gasteiger partial charge is 0.463 e. The molecule has 0 spiro atoms. The molecule has 22 heavy (non-hydrogen) atoms. The number of thioether (sulfide) groups is 1. The predicted molar refractivity (Wildman–Crippen MR) is 85.3 cm³/mol. The fourth-order valence-electron chi connectivity index (χ4n) is 1.97. The molecule has 118 valence electrons. The normalized spacial score (nSPS) is 17.9. The molecule has 1 aliphatic rings. The fourth-order valence-corrected chi connectivity index (χ4v) is 3.04. The first-order chi connectivity index (χ1) is 10.5. The van der Waals surface area contributed by atoms with Crippen molar-refractivity contribution in [2.45, 2.75) is 13.0 Å². The summed E-state index contributed by atoms with van der Waals surface area (Å²) in [4.78, 5) is 24.8. The number of carbonyl (C=O) groups excluding carboxylic acids is 2. The van der Waals surface area contributed by atoms with Crippen molar-refractivity contribution in [1.29, 1.82) is 0 Å². The molecule has 1 aliphatic heterocycles. The summed E-state index contributed by atoms with van der Waals surface area (Å²) < 4.78 is 4.85. The van der Waals surface area contributed by atoms with Crippen LogP contribution >= 0.6 is 23.4 Å². The van der Waals surface area contributed by atoms with Crippen LogP contribution in [0.25, 0.3) is 0 Å². The zero-order chi connectivity index (χ0) is 16.1. The Morgan fingerprint density at radius 3 is 2.82 bits per heavy atom. The molecule has 1 N–H and O–H groups in total.